The van der Waals surface area contributed by atoms with Crippen LogP contribution < -0.4 is 0 Å². The second kappa shape index (κ2) is 7.89. The average Bonchev–Trinajstić information content (AvgIpc) is 2.16. The van der Waals surface area contributed by atoms with Crippen LogP contribution in [-0.2, 0) is 14.1 Å². The van der Waals surface area contributed by atoms with E-state index in [1.807, 2.05) is 13.8 Å². The summed E-state index contributed by atoms with van der Waals surface area (Å²) in [5, 5.41) is 8.71. The summed E-state index contributed by atoms with van der Waals surface area (Å²) in [5.74, 6) is -0.269. The molecule has 0 aromatic heterocycles. The van der Waals surface area contributed by atoms with Crippen molar-refractivity contribution in [2.75, 3.05) is 19.1 Å². The van der Waals surface area contributed by atoms with E-state index >= 15 is 0 Å². The fraction of sp³-hybridized carbons (Fsp3) is 0.900. The van der Waals surface area contributed by atoms with E-state index in [0.29, 0.717) is 18.9 Å². The van der Waals surface area contributed by atoms with Gasteiger partial charge in [-0.15, -0.1) is 0 Å². The lowest BCUT2D eigenvalue weighted by Crippen LogP contribution is -2.22. The van der Waals surface area contributed by atoms with Crippen LogP contribution in [0.2, 0.25) is 0 Å². The van der Waals surface area contributed by atoms with Gasteiger partial charge in [0.05, 0.1) is 18.9 Å². The lowest BCUT2D eigenvalue weighted by Gasteiger charge is -2.16. The lowest BCUT2D eigenvalue weighted by atomic mass is 9.99. The summed E-state index contributed by atoms with van der Waals surface area (Å²) in [4.78, 5) is 11.5. The largest absolute Gasteiger partial charge is 0.466 e. The molecule has 0 saturated heterocycles. The van der Waals surface area contributed by atoms with Crippen LogP contribution in [0.15, 0.2) is 0 Å². The molecule has 4 nitrogen and oxygen atoms in total. The molecule has 15 heavy (non-hydrogen) atoms. The van der Waals surface area contributed by atoms with Crippen LogP contribution in [0.3, 0.4) is 0 Å². The molecule has 2 atom stereocenters. The monoisotopic (exact) mass is 236 g/mol. The highest BCUT2D eigenvalue weighted by molar-refractivity contribution is 7.44. The third-order valence-electron chi connectivity index (χ3n) is 2.03. The Morgan fingerprint density at radius 2 is 2.07 bits per heavy atom. The molecule has 0 aromatic rings. The molecule has 0 rings (SSSR count). The first-order valence-electron chi connectivity index (χ1n) is 5.30. The summed E-state index contributed by atoms with van der Waals surface area (Å²) in [6.45, 7) is 6.09. The SMILES string of the molecule is CCOC(=O)C(CC(C)C)C[PH](=O)CO. The van der Waals surface area contributed by atoms with Crippen molar-refractivity contribution in [1.29, 1.82) is 0 Å². The van der Waals surface area contributed by atoms with E-state index in [2.05, 4.69) is 0 Å². The van der Waals surface area contributed by atoms with Crippen molar-refractivity contribution in [1.82, 2.24) is 0 Å². The molecule has 0 aliphatic heterocycles. The maximum Gasteiger partial charge on any atom is 0.309 e. The van der Waals surface area contributed by atoms with Crippen molar-refractivity contribution in [3.8, 4) is 0 Å². The van der Waals surface area contributed by atoms with Crippen molar-refractivity contribution in [2.24, 2.45) is 11.8 Å². The summed E-state index contributed by atoms with van der Waals surface area (Å²) in [6, 6.07) is 0. The molecule has 0 heterocycles. The third-order valence-corrected chi connectivity index (χ3v) is 3.33. The Kier molecular flexibility index (Phi) is 7.71. The summed E-state index contributed by atoms with van der Waals surface area (Å²) >= 11 is 0. The molecule has 90 valence electrons. The Balaban J connectivity index is 4.29. The topological polar surface area (TPSA) is 63.6 Å². The van der Waals surface area contributed by atoms with Crippen LogP contribution in [0.1, 0.15) is 27.2 Å². The number of aliphatic hydroxyl groups excluding tert-OH is 1. The first kappa shape index (κ1) is 14.7. The fourth-order valence-corrected chi connectivity index (χ4v) is 2.44. The molecule has 0 fully saturated rings. The minimum atomic E-state index is -2.03. The zero-order valence-corrected chi connectivity index (χ0v) is 10.7. The van der Waals surface area contributed by atoms with Gasteiger partial charge in [-0.2, -0.15) is 0 Å². The second-order valence-corrected chi connectivity index (χ2v) is 5.78. The number of hydrogen-bond donors (Lipinski definition) is 1. The van der Waals surface area contributed by atoms with E-state index in [1.165, 1.54) is 0 Å². The maximum atomic E-state index is 11.5. The second-order valence-electron chi connectivity index (χ2n) is 3.98. The van der Waals surface area contributed by atoms with E-state index in [-0.39, 0.29) is 24.4 Å². The summed E-state index contributed by atoms with van der Waals surface area (Å²) in [7, 11) is -2.03. The van der Waals surface area contributed by atoms with E-state index in [4.69, 9.17) is 9.84 Å². The first-order chi connectivity index (χ1) is 7.01. The normalized spacial score (nSPS) is 15.0. The Bertz CT molecular complexity index is 215. The van der Waals surface area contributed by atoms with Crippen LogP contribution >= 0.6 is 7.80 Å². The number of aliphatic hydroxyl groups is 1. The summed E-state index contributed by atoms with van der Waals surface area (Å²) in [5.41, 5.74) is 0. The molecular weight excluding hydrogens is 215 g/mol. The highest BCUT2D eigenvalue weighted by Gasteiger charge is 2.22. The number of ether oxygens (including phenoxy) is 1. The van der Waals surface area contributed by atoms with E-state index in [9.17, 15) is 9.36 Å². The van der Waals surface area contributed by atoms with E-state index in [0.717, 1.165) is 0 Å². The van der Waals surface area contributed by atoms with Crippen LogP contribution in [0, 0.1) is 11.8 Å². The molecule has 0 aliphatic carbocycles. The molecule has 0 amide bonds. The molecule has 0 bridgehead atoms. The van der Waals surface area contributed by atoms with Gasteiger partial charge in [0.25, 0.3) is 0 Å². The lowest BCUT2D eigenvalue weighted by molar-refractivity contribution is -0.147. The Morgan fingerprint density at radius 3 is 2.47 bits per heavy atom. The predicted molar refractivity (Wildman–Crippen MR) is 60.5 cm³/mol. The van der Waals surface area contributed by atoms with Crippen molar-refractivity contribution in [3.63, 3.8) is 0 Å². The van der Waals surface area contributed by atoms with E-state index in [1.54, 1.807) is 6.92 Å². The highest BCUT2D eigenvalue weighted by atomic mass is 31.1. The van der Waals surface area contributed by atoms with Crippen molar-refractivity contribution in [3.05, 3.63) is 0 Å². The zero-order valence-electron chi connectivity index (χ0n) is 9.66. The standard InChI is InChI=1S/C10H21O4P/c1-4-14-10(12)9(5-8(2)3)6-15(13)7-11/h8-9,11,15H,4-7H2,1-3H3. The number of rotatable bonds is 7. The van der Waals surface area contributed by atoms with Crippen molar-refractivity contribution in [2.45, 2.75) is 27.2 Å². The predicted octanol–water partition coefficient (Wildman–Crippen LogP) is 1.72. The fourth-order valence-electron chi connectivity index (χ4n) is 1.43. The van der Waals surface area contributed by atoms with Gasteiger partial charge < -0.3 is 14.4 Å². The summed E-state index contributed by atoms with van der Waals surface area (Å²) in [6.07, 6.45) is 0.603. The zero-order chi connectivity index (χ0) is 11.8. The molecular formula is C10H21O4P. The molecule has 0 saturated carbocycles. The Labute approximate surface area is 91.8 Å². The van der Waals surface area contributed by atoms with Crippen LogP contribution in [-0.4, -0.2) is 30.2 Å². The number of carbonyl (C=O) groups is 1. The van der Waals surface area contributed by atoms with Gasteiger partial charge in [0.15, 0.2) is 0 Å². The van der Waals surface area contributed by atoms with Gasteiger partial charge in [-0.3, -0.25) is 4.79 Å². The molecule has 0 aliphatic rings. The number of carbonyl (C=O) groups excluding carboxylic acids is 1. The number of esters is 1. The molecule has 2 unspecified atom stereocenters. The van der Waals surface area contributed by atoms with Gasteiger partial charge >= 0.3 is 5.97 Å². The van der Waals surface area contributed by atoms with Crippen molar-refractivity contribution >= 4 is 13.8 Å². The smallest absolute Gasteiger partial charge is 0.309 e. The maximum absolute atomic E-state index is 11.5. The molecule has 5 heteroatoms. The van der Waals surface area contributed by atoms with Gasteiger partial charge in [0, 0.05) is 6.16 Å². The molecule has 0 spiro atoms. The summed E-state index contributed by atoms with van der Waals surface area (Å²) < 4.78 is 16.1. The quantitative estimate of drug-likeness (QED) is 0.540. The van der Waals surface area contributed by atoms with Crippen LogP contribution in [0.4, 0.5) is 0 Å². The van der Waals surface area contributed by atoms with Gasteiger partial charge in [-0.1, -0.05) is 13.8 Å². The molecule has 0 radical (unpaired) electrons. The number of hydrogen-bond acceptors (Lipinski definition) is 4. The van der Waals surface area contributed by atoms with Gasteiger partial charge in [-0.05, 0) is 19.3 Å². The third kappa shape index (κ3) is 6.69. The van der Waals surface area contributed by atoms with Crippen LogP contribution in [0.25, 0.3) is 0 Å². The Hall–Kier alpha value is -0.340. The van der Waals surface area contributed by atoms with Crippen LogP contribution in [0.5, 0.6) is 0 Å². The minimum absolute atomic E-state index is 0.262. The van der Waals surface area contributed by atoms with Crippen molar-refractivity contribution < 1.29 is 19.2 Å². The van der Waals surface area contributed by atoms with Gasteiger partial charge in [0.2, 0.25) is 0 Å². The first-order valence-corrected chi connectivity index (χ1v) is 7.12. The Morgan fingerprint density at radius 1 is 1.47 bits per heavy atom. The van der Waals surface area contributed by atoms with E-state index < -0.39 is 7.80 Å². The molecule has 0 aromatic carbocycles. The average molecular weight is 236 g/mol. The highest BCUT2D eigenvalue weighted by Crippen LogP contribution is 2.27. The minimum Gasteiger partial charge on any atom is -0.466 e. The molecule has 1 N–H and O–H groups in total. The van der Waals surface area contributed by atoms with Gasteiger partial charge in [0.1, 0.15) is 7.80 Å². The van der Waals surface area contributed by atoms with Gasteiger partial charge in [-0.25, -0.2) is 0 Å².